The van der Waals surface area contributed by atoms with E-state index in [1.807, 2.05) is 0 Å². The highest BCUT2D eigenvalue weighted by Gasteiger charge is 2.44. The highest BCUT2D eigenvalue weighted by molar-refractivity contribution is 7.99. The number of aromatic nitrogens is 1. The maximum absolute atomic E-state index is 11.2. The Morgan fingerprint density at radius 1 is 0.667 bits per heavy atom. The number of rotatable bonds is 10. The molecule has 0 aliphatic carbocycles. The van der Waals surface area contributed by atoms with Gasteiger partial charge in [-0.15, -0.1) is 11.8 Å². The molecule has 33 heavy (non-hydrogen) atoms. The molecule has 3 aromatic carbocycles. The van der Waals surface area contributed by atoms with Gasteiger partial charge >= 0.3 is 0 Å². The van der Waals surface area contributed by atoms with E-state index in [9.17, 15) is 9.59 Å². The fourth-order valence-corrected chi connectivity index (χ4v) is 9.62. The Morgan fingerprint density at radius 2 is 1.09 bits per heavy atom. The van der Waals surface area contributed by atoms with Crippen LogP contribution in [0.25, 0.3) is 0 Å². The normalized spacial score (nSPS) is 11.2. The summed E-state index contributed by atoms with van der Waals surface area (Å²) in [5, 5.41) is 4.13. The minimum absolute atomic E-state index is 0.293. The van der Waals surface area contributed by atoms with Crippen molar-refractivity contribution in [3.05, 3.63) is 115 Å². The number of thioether (sulfide) groups is 1. The highest BCUT2D eigenvalue weighted by Crippen LogP contribution is 2.55. The second kappa shape index (κ2) is 11.2. The molecular formula is C28H25NO2PS+. The Morgan fingerprint density at radius 3 is 1.48 bits per heavy atom. The van der Waals surface area contributed by atoms with Gasteiger partial charge in [-0.25, -0.2) is 4.98 Å². The van der Waals surface area contributed by atoms with Gasteiger partial charge in [0.05, 0.1) is 6.16 Å². The van der Waals surface area contributed by atoms with E-state index in [0.29, 0.717) is 24.0 Å². The second-order valence-electron chi connectivity index (χ2n) is 7.63. The van der Waals surface area contributed by atoms with Gasteiger partial charge in [0.2, 0.25) is 0 Å². The molecule has 0 amide bonds. The van der Waals surface area contributed by atoms with Crippen LogP contribution in [0.5, 0.6) is 0 Å². The third-order valence-corrected chi connectivity index (χ3v) is 11.2. The Bertz CT molecular complexity index is 1080. The molecule has 1 heterocycles. The van der Waals surface area contributed by atoms with E-state index in [0.717, 1.165) is 23.2 Å². The van der Waals surface area contributed by atoms with Gasteiger partial charge < -0.3 is 0 Å². The molecule has 0 saturated carbocycles. The first-order valence-corrected chi connectivity index (χ1v) is 13.8. The van der Waals surface area contributed by atoms with Crippen LogP contribution in [-0.4, -0.2) is 29.5 Å². The summed E-state index contributed by atoms with van der Waals surface area (Å²) >= 11 is 1.67. The van der Waals surface area contributed by atoms with E-state index < -0.39 is 7.26 Å². The second-order valence-corrected chi connectivity index (χ2v) is 12.4. The van der Waals surface area contributed by atoms with Crippen LogP contribution >= 0.6 is 19.0 Å². The zero-order valence-electron chi connectivity index (χ0n) is 18.2. The summed E-state index contributed by atoms with van der Waals surface area (Å²) in [6.45, 7) is 0. The predicted octanol–water partition coefficient (Wildman–Crippen LogP) is 5.18. The van der Waals surface area contributed by atoms with Crippen LogP contribution < -0.4 is 15.9 Å². The lowest BCUT2D eigenvalue weighted by Crippen LogP contribution is -2.33. The maximum Gasteiger partial charge on any atom is 0.168 e. The first kappa shape index (κ1) is 23.1. The van der Waals surface area contributed by atoms with Gasteiger partial charge in [-0.05, 0) is 55.0 Å². The van der Waals surface area contributed by atoms with Gasteiger partial charge in [0.25, 0.3) is 0 Å². The molecule has 5 heteroatoms. The molecule has 0 radical (unpaired) electrons. The van der Waals surface area contributed by atoms with Crippen LogP contribution in [-0.2, 0) is 0 Å². The van der Waals surface area contributed by atoms with Gasteiger partial charge in [-0.2, -0.15) is 0 Å². The summed E-state index contributed by atoms with van der Waals surface area (Å²) in [6, 6.07) is 36.0. The predicted molar refractivity (Wildman–Crippen MR) is 140 cm³/mol. The zero-order valence-corrected chi connectivity index (χ0v) is 19.9. The molecule has 0 aliphatic heterocycles. The molecule has 4 rings (SSSR count). The Labute approximate surface area is 199 Å². The first-order valence-electron chi connectivity index (χ1n) is 10.9. The summed E-state index contributed by atoms with van der Waals surface area (Å²) in [7, 11) is -1.84. The van der Waals surface area contributed by atoms with Crippen molar-refractivity contribution in [3.8, 4) is 0 Å². The lowest BCUT2D eigenvalue weighted by molar-refractivity contribution is 0.111. The quantitative estimate of drug-likeness (QED) is 0.139. The van der Waals surface area contributed by atoms with Crippen molar-refractivity contribution in [3.63, 3.8) is 0 Å². The number of hydrogen-bond acceptors (Lipinski definition) is 4. The van der Waals surface area contributed by atoms with Gasteiger partial charge in [0, 0.05) is 10.6 Å². The highest BCUT2D eigenvalue weighted by atomic mass is 32.2. The number of carbonyl (C=O) groups excluding carboxylic acids is 2. The molecule has 0 unspecified atom stereocenters. The number of aldehydes is 2. The SMILES string of the molecule is O=Cc1cc(SCCC[P+](c2ccccc2)(c2ccccc2)c2ccccc2)cc(C=O)n1. The zero-order chi connectivity index (χ0) is 22.9. The third-order valence-electron chi connectivity index (χ3n) is 5.58. The molecule has 0 atom stereocenters. The van der Waals surface area contributed by atoms with Crippen molar-refractivity contribution in [1.82, 2.24) is 4.98 Å². The van der Waals surface area contributed by atoms with Crippen molar-refractivity contribution in [2.24, 2.45) is 0 Å². The summed E-state index contributed by atoms with van der Waals surface area (Å²) in [5.74, 6) is 0.884. The number of hydrogen-bond donors (Lipinski definition) is 0. The molecule has 3 nitrogen and oxygen atoms in total. The lowest BCUT2D eigenvalue weighted by Gasteiger charge is -2.27. The molecule has 0 spiro atoms. The monoisotopic (exact) mass is 470 g/mol. The Balaban J connectivity index is 1.65. The van der Waals surface area contributed by atoms with E-state index in [1.165, 1.54) is 15.9 Å². The van der Waals surface area contributed by atoms with E-state index in [-0.39, 0.29) is 0 Å². The van der Waals surface area contributed by atoms with Crippen LogP contribution in [0.3, 0.4) is 0 Å². The average molecular weight is 471 g/mol. The Kier molecular flexibility index (Phi) is 7.83. The number of carbonyl (C=O) groups is 2. The van der Waals surface area contributed by atoms with Crippen LogP contribution in [0.4, 0.5) is 0 Å². The molecule has 0 saturated heterocycles. The number of benzene rings is 3. The standard InChI is InChI=1S/C28H25NO2PS/c30-21-23-19-28(20-24(22-31)29-23)33-18-10-17-32(25-11-4-1-5-12-25,26-13-6-2-7-14-26)27-15-8-3-9-16-27/h1-9,11-16,19-22H,10,17-18H2/q+1. The topological polar surface area (TPSA) is 47.0 Å². The fourth-order valence-electron chi connectivity index (χ4n) is 4.12. The van der Waals surface area contributed by atoms with Crippen molar-refractivity contribution in [2.45, 2.75) is 11.3 Å². The number of pyridine rings is 1. The van der Waals surface area contributed by atoms with Crippen molar-refractivity contribution >= 4 is 47.5 Å². The average Bonchev–Trinajstić information content (AvgIpc) is 2.90. The molecule has 0 bridgehead atoms. The van der Waals surface area contributed by atoms with Crippen LogP contribution in [0.1, 0.15) is 27.4 Å². The molecule has 164 valence electrons. The van der Waals surface area contributed by atoms with Gasteiger partial charge in [0.15, 0.2) is 12.6 Å². The molecular weight excluding hydrogens is 445 g/mol. The van der Waals surface area contributed by atoms with E-state index >= 15 is 0 Å². The summed E-state index contributed by atoms with van der Waals surface area (Å²) in [6.07, 6.45) is 3.40. The summed E-state index contributed by atoms with van der Waals surface area (Å²) in [5.41, 5.74) is 0.587. The molecule has 0 aliphatic rings. The summed E-state index contributed by atoms with van der Waals surface area (Å²) < 4.78 is 0. The van der Waals surface area contributed by atoms with Gasteiger partial charge in [0.1, 0.15) is 34.6 Å². The van der Waals surface area contributed by atoms with Crippen molar-refractivity contribution < 1.29 is 9.59 Å². The van der Waals surface area contributed by atoms with Crippen LogP contribution in [0.15, 0.2) is 108 Å². The molecule has 1 aromatic heterocycles. The van der Waals surface area contributed by atoms with Gasteiger partial charge in [-0.3, -0.25) is 9.59 Å². The van der Waals surface area contributed by atoms with Crippen molar-refractivity contribution in [1.29, 1.82) is 0 Å². The minimum Gasteiger partial charge on any atom is -0.296 e. The Hall–Kier alpha value is -3.07. The maximum atomic E-state index is 11.2. The lowest BCUT2D eigenvalue weighted by atomic mass is 10.3. The van der Waals surface area contributed by atoms with E-state index in [4.69, 9.17) is 0 Å². The van der Waals surface area contributed by atoms with Crippen LogP contribution in [0.2, 0.25) is 0 Å². The van der Waals surface area contributed by atoms with Crippen molar-refractivity contribution in [2.75, 3.05) is 11.9 Å². The van der Waals surface area contributed by atoms with Crippen LogP contribution in [0, 0.1) is 0 Å². The van der Waals surface area contributed by atoms with E-state index in [1.54, 1.807) is 23.9 Å². The summed E-state index contributed by atoms with van der Waals surface area (Å²) in [4.78, 5) is 27.3. The fraction of sp³-hybridized carbons (Fsp3) is 0.107. The number of nitrogens with zero attached hydrogens (tertiary/aromatic N) is 1. The minimum atomic E-state index is -1.84. The molecule has 0 fully saturated rings. The van der Waals surface area contributed by atoms with Gasteiger partial charge in [-0.1, -0.05) is 54.6 Å². The molecule has 4 aromatic rings. The van der Waals surface area contributed by atoms with E-state index in [2.05, 4.69) is 96.0 Å². The smallest absolute Gasteiger partial charge is 0.168 e. The largest absolute Gasteiger partial charge is 0.296 e. The molecule has 0 N–H and O–H groups in total. The third kappa shape index (κ3) is 5.30. The first-order chi connectivity index (χ1) is 16.3.